The quantitative estimate of drug-likeness (QED) is 0.685. The molecule has 1 unspecified atom stereocenters. The first-order valence-electron chi connectivity index (χ1n) is 6.33. The zero-order valence-electron chi connectivity index (χ0n) is 11.1. The summed E-state index contributed by atoms with van der Waals surface area (Å²) in [6.07, 6.45) is 0. The number of halogens is 2. The molecular formula is C15H12Br2N2O2. The van der Waals surface area contributed by atoms with Crippen LogP contribution < -0.4 is 11.1 Å². The van der Waals surface area contributed by atoms with Crippen molar-refractivity contribution in [1.82, 2.24) is 10.3 Å². The lowest BCUT2D eigenvalue weighted by Crippen LogP contribution is -2.18. The lowest BCUT2D eigenvalue weighted by atomic mass is 9.98. The van der Waals surface area contributed by atoms with Gasteiger partial charge in [0.05, 0.1) is 11.6 Å². The molecule has 0 saturated heterocycles. The van der Waals surface area contributed by atoms with Crippen molar-refractivity contribution in [3.05, 3.63) is 67.0 Å². The lowest BCUT2D eigenvalue weighted by Gasteiger charge is -2.19. The van der Waals surface area contributed by atoms with Crippen LogP contribution in [0.1, 0.15) is 17.2 Å². The van der Waals surface area contributed by atoms with Crippen LogP contribution in [0, 0.1) is 0 Å². The number of oxazole rings is 1. The number of rotatable bonds is 3. The molecule has 6 heteroatoms. The van der Waals surface area contributed by atoms with Gasteiger partial charge in [-0.3, -0.25) is 4.98 Å². The molecule has 0 aliphatic rings. The molecule has 4 nitrogen and oxygen atoms in total. The maximum atomic E-state index is 11.3. The number of H-pyrrole nitrogens is 1. The van der Waals surface area contributed by atoms with Crippen molar-refractivity contribution in [3.8, 4) is 0 Å². The third-order valence-corrected chi connectivity index (χ3v) is 4.55. The van der Waals surface area contributed by atoms with Crippen molar-refractivity contribution in [2.45, 2.75) is 6.04 Å². The van der Waals surface area contributed by atoms with Gasteiger partial charge in [0.15, 0.2) is 5.58 Å². The Labute approximate surface area is 137 Å². The van der Waals surface area contributed by atoms with E-state index in [1.54, 1.807) is 0 Å². The summed E-state index contributed by atoms with van der Waals surface area (Å²) >= 11 is 7.08. The minimum atomic E-state index is -0.438. The zero-order chi connectivity index (χ0) is 15.0. The summed E-state index contributed by atoms with van der Waals surface area (Å²) in [5.74, 6) is -0.438. The van der Waals surface area contributed by atoms with E-state index >= 15 is 0 Å². The van der Waals surface area contributed by atoms with Crippen molar-refractivity contribution < 1.29 is 4.42 Å². The fourth-order valence-electron chi connectivity index (χ4n) is 2.38. The van der Waals surface area contributed by atoms with Gasteiger partial charge in [-0.1, -0.05) is 37.9 Å². The van der Waals surface area contributed by atoms with Crippen molar-refractivity contribution in [2.75, 3.05) is 7.05 Å². The number of nitrogens with one attached hydrogen (secondary N) is 2. The summed E-state index contributed by atoms with van der Waals surface area (Å²) in [5.41, 5.74) is 3.38. The normalized spacial score (nSPS) is 12.7. The summed E-state index contributed by atoms with van der Waals surface area (Å²) < 4.78 is 7.16. The van der Waals surface area contributed by atoms with E-state index in [-0.39, 0.29) is 6.04 Å². The van der Waals surface area contributed by atoms with Gasteiger partial charge in [0.1, 0.15) is 0 Å². The average Bonchev–Trinajstić information content (AvgIpc) is 2.83. The Balaban J connectivity index is 2.12. The van der Waals surface area contributed by atoms with E-state index in [0.29, 0.717) is 11.1 Å². The molecule has 1 heterocycles. The van der Waals surface area contributed by atoms with E-state index in [1.165, 1.54) is 0 Å². The van der Waals surface area contributed by atoms with Crippen LogP contribution in [-0.4, -0.2) is 12.0 Å². The maximum absolute atomic E-state index is 11.3. The molecule has 0 spiro atoms. The third kappa shape index (κ3) is 2.84. The van der Waals surface area contributed by atoms with E-state index in [2.05, 4.69) is 48.2 Å². The van der Waals surface area contributed by atoms with E-state index in [0.717, 1.165) is 20.1 Å². The molecule has 0 bridgehead atoms. The van der Waals surface area contributed by atoms with Crippen LogP contribution in [0.25, 0.3) is 11.1 Å². The largest absolute Gasteiger partial charge is 0.417 e. The molecule has 1 atom stereocenters. The van der Waals surface area contributed by atoms with Gasteiger partial charge in [0.2, 0.25) is 0 Å². The second-order valence-corrected chi connectivity index (χ2v) is 6.43. The SMILES string of the molecule is CNC(c1ccc2[nH]c(=O)oc2c1)c1cc(Br)ccc1Br. The lowest BCUT2D eigenvalue weighted by molar-refractivity contribution is 0.554. The number of aromatic amines is 1. The molecule has 108 valence electrons. The number of benzene rings is 2. The first-order chi connectivity index (χ1) is 10.1. The highest BCUT2D eigenvalue weighted by atomic mass is 79.9. The van der Waals surface area contributed by atoms with Crippen molar-refractivity contribution in [2.24, 2.45) is 0 Å². The van der Waals surface area contributed by atoms with Crippen LogP contribution >= 0.6 is 31.9 Å². The summed E-state index contributed by atoms with van der Waals surface area (Å²) in [7, 11) is 1.90. The van der Waals surface area contributed by atoms with Crippen LogP contribution in [0.3, 0.4) is 0 Å². The highest BCUT2D eigenvalue weighted by Crippen LogP contribution is 2.31. The van der Waals surface area contributed by atoms with E-state index in [9.17, 15) is 4.79 Å². The van der Waals surface area contributed by atoms with Gasteiger partial charge in [0, 0.05) is 8.95 Å². The van der Waals surface area contributed by atoms with Crippen LogP contribution in [0.15, 0.2) is 54.6 Å². The van der Waals surface area contributed by atoms with E-state index in [4.69, 9.17) is 4.42 Å². The number of aromatic nitrogens is 1. The van der Waals surface area contributed by atoms with E-state index < -0.39 is 5.76 Å². The summed E-state index contributed by atoms with van der Waals surface area (Å²) in [6, 6.07) is 11.7. The Morgan fingerprint density at radius 1 is 1.19 bits per heavy atom. The van der Waals surface area contributed by atoms with Crippen LogP contribution in [0.2, 0.25) is 0 Å². The molecule has 0 amide bonds. The molecule has 2 N–H and O–H groups in total. The Bertz CT molecular complexity index is 854. The highest BCUT2D eigenvalue weighted by molar-refractivity contribution is 9.11. The molecule has 3 rings (SSSR count). The molecule has 3 aromatic rings. The molecular weight excluding hydrogens is 400 g/mol. The zero-order valence-corrected chi connectivity index (χ0v) is 14.3. The number of hydrogen-bond donors (Lipinski definition) is 2. The van der Waals surface area contributed by atoms with Gasteiger partial charge >= 0.3 is 5.76 Å². The molecule has 2 aromatic carbocycles. The minimum absolute atomic E-state index is 0.0125. The molecule has 0 fully saturated rings. The Hall–Kier alpha value is -1.37. The van der Waals surface area contributed by atoms with Crippen LogP contribution in [-0.2, 0) is 0 Å². The van der Waals surface area contributed by atoms with Gasteiger partial charge in [-0.25, -0.2) is 4.79 Å². The molecule has 0 aliphatic heterocycles. The van der Waals surface area contributed by atoms with Gasteiger partial charge < -0.3 is 9.73 Å². The Morgan fingerprint density at radius 2 is 2.00 bits per heavy atom. The number of hydrogen-bond acceptors (Lipinski definition) is 3. The second-order valence-electron chi connectivity index (χ2n) is 4.66. The standard InChI is InChI=1S/C15H12Br2N2O2/c1-18-14(10-7-9(16)3-4-11(10)17)8-2-5-12-13(6-8)21-15(20)19-12/h2-7,14,18H,1H3,(H,19,20). The summed E-state index contributed by atoms with van der Waals surface area (Å²) in [6.45, 7) is 0. The first kappa shape index (κ1) is 14.6. The second kappa shape index (κ2) is 5.79. The Kier molecular flexibility index (Phi) is 4.01. The third-order valence-electron chi connectivity index (χ3n) is 3.34. The first-order valence-corrected chi connectivity index (χ1v) is 7.92. The van der Waals surface area contributed by atoms with Gasteiger partial charge in [-0.2, -0.15) is 0 Å². The molecule has 0 saturated carbocycles. The van der Waals surface area contributed by atoms with Crippen LogP contribution in [0.4, 0.5) is 0 Å². The van der Waals surface area contributed by atoms with Crippen molar-refractivity contribution in [1.29, 1.82) is 0 Å². The molecule has 0 aliphatic carbocycles. The predicted octanol–water partition coefficient (Wildman–Crippen LogP) is 3.95. The predicted molar refractivity (Wildman–Crippen MR) is 89.6 cm³/mol. The fraction of sp³-hybridized carbons (Fsp3) is 0.133. The monoisotopic (exact) mass is 410 g/mol. The van der Waals surface area contributed by atoms with Gasteiger partial charge in [-0.05, 0) is 48.5 Å². The Morgan fingerprint density at radius 3 is 2.76 bits per heavy atom. The smallest absolute Gasteiger partial charge is 0.408 e. The summed E-state index contributed by atoms with van der Waals surface area (Å²) in [5, 5.41) is 3.29. The highest BCUT2D eigenvalue weighted by Gasteiger charge is 2.16. The fourth-order valence-corrected chi connectivity index (χ4v) is 3.23. The molecule has 21 heavy (non-hydrogen) atoms. The van der Waals surface area contributed by atoms with E-state index in [1.807, 2.05) is 37.4 Å². The maximum Gasteiger partial charge on any atom is 0.417 e. The average molecular weight is 412 g/mol. The van der Waals surface area contributed by atoms with Crippen molar-refractivity contribution >= 4 is 43.0 Å². The van der Waals surface area contributed by atoms with Crippen molar-refractivity contribution in [3.63, 3.8) is 0 Å². The number of fused-ring (bicyclic) bond motifs is 1. The van der Waals surface area contributed by atoms with Gasteiger partial charge in [-0.15, -0.1) is 0 Å². The minimum Gasteiger partial charge on any atom is -0.408 e. The summed E-state index contributed by atoms with van der Waals surface area (Å²) in [4.78, 5) is 13.9. The molecule has 0 radical (unpaired) electrons. The molecule has 1 aromatic heterocycles. The topological polar surface area (TPSA) is 58.0 Å². The van der Waals surface area contributed by atoms with Gasteiger partial charge in [0.25, 0.3) is 0 Å². The van der Waals surface area contributed by atoms with Crippen LogP contribution in [0.5, 0.6) is 0 Å².